The van der Waals surface area contributed by atoms with Gasteiger partial charge in [-0.2, -0.15) is 0 Å². The van der Waals surface area contributed by atoms with Crippen LogP contribution < -0.4 is 0 Å². The van der Waals surface area contributed by atoms with Crippen molar-refractivity contribution in [1.29, 1.82) is 0 Å². The molecule has 0 saturated carbocycles. The van der Waals surface area contributed by atoms with E-state index >= 15 is 0 Å². The van der Waals surface area contributed by atoms with Crippen molar-refractivity contribution in [3.8, 4) is 0 Å². The lowest BCUT2D eigenvalue weighted by Crippen LogP contribution is -2.44. The molecule has 0 N–H and O–H groups in total. The van der Waals surface area contributed by atoms with Gasteiger partial charge < -0.3 is 14.2 Å². The van der Waals surface area contributed by atoms with E-state index in [-0.39, 0.29) is 0 Å². The van der Waals surface area contributed by atoms with Crippen molar-refractivity contribution in [2.24, 2.45) is 5.92 Å². The molecule has 0 heterocycles. The number of rotatable bonds is 15. The van der Waals surface area contributed by atoms with Crippen molar-refractivity contribution in [3.63, 3.8) is 0 Å². The van der Waals surface area contributed by atoms with Crippen molar-refractivity contribution in [1.82, 2.24) is 0 Å². The predicted octanol–water partition coefficient (Wildman–Crippen LogP) is 5.53. The maximum atomic E-state index is 5.59. The molecule has 0 rings (SSSR count). The van der Waals surface area contributed by atoms with E-state index < -0.39 is 5.97 Å². The first kappa shape index (κ1) is 20.9. The lowest BCUT2D eigenvalue weighted by atomic mass is 9.92. The van der Waals surface area contributed by atoms with Gasteiger partial charge in [-0.15, -0.1) is 0 Å². The predicted molar refractivity (Wildman–Crippen MR) is 89.4 cm³/mol. The summed E-state index contributed by atoms with van der Waals surface area (Å²) in [6.45, 7) is 4.50. The molecular weight excluding hydrogens is 264 g/mol. The van der Waals surface area contributed by atoms with Crippen molar-refractivity contribution in [2.75, 3.05) is 21.3 Å². The quantitative estimate of drug-likeness (QED) is 0.294. The zero-order chi connectivity index (χ0) is 16.0. The minimum atomic E-state index is -0.864. The average Bonchev–Trinajstić information content (AvgIpc) is 2.52. The van der Waals surface area contributed by atoms with Crippen LogP contribution >= 0.6 is 0 Å². The van der Waals surface area contributed by atoms with Gasteiger partial charge in [-0.3, -0.25) is 0 Å². The van der Waals surface area contributed by atoms with Gasteiger partial charge in [0.15, 0.2) is 0 Å². The topological polar surface area (TPSA) is 27.7 Å². The van der Waals surface area contributed by atoms with Crippen LogP contribution in [-0.2, 0) is 14.2 Å². The van der Waals surface area contributed by atoms with E-state index in [2.05, 4.69) is 13.8 Å². The molecular formula is C18H38O3. The second-order valence-electron chi connectivity index (χ2n) is 5.97. The molecule has 0 radical (unpaired) electrons. The Balaban J connectivity index is 4.37. The van der Waals surface area contributed by atoms with Gasteiger partial charge in [-0.25, -0.2) is 0 Å². The van der Waals surface area contributed by atoms with Crippen molar-refractivity contribution >= 4 is 0 Å². The van der Waals surface area contributed by atoms with Gasteiger partial charge in [0.1, 0.15) is 0 Å². The fourth-order valence-electron chi connectivity index (χ4n) is 3.06. The summed E-state index contributed by atoms with van der Waals surface area (Å²) in [6, 6.07) is 0. The second kappa shape index (κ2) is 13.5. The summed E-state index contributed by atoms with van der Waals surface area (Å²) in [4.78, 5) is 0. The van der Waals surface area contributed by atoms with Crippen LogP contribution in [0.5, 0.6) is 0 Å². The number of hydrogen-bond acceptors (Lipinski definition) is 3. The van der Waals surface area contributed by atoms with Crippen molar-refractivity contribution in [2.45, 2.75) is 90.4 Å². The number of methoxy groups -OCH3 is 3. The molecule has 0 aromatic rings. The second-order valence-corrected chi connectivity index (χ2v) is 5.97. The smallest absolute Gasteiger partial charge is 0.285 e. The molecule has 0 saturated heterocycles. The van der Waals surface area contributed by atoms with E-state index in [0.717, 1.165) is 12.8 Å². The normalized spacial score (nSPS) is 13.6. The molecule has 1 unspecified atom stereocenters. The summed E-state index contributed by atoms with van der Waals surface area (Å²) >= 11 is 0. The first-order chi connectivity index (χ1) is 10.2. The summed E-state index contributed by atoms with van der Waals surface area (Å²) in [5, 5.41) is 0. The molecule has 0 fully saturated rings. The molecule has 3 heteroatoms. The fourth-order valence-corrected chi connectivity index (χ4v) is 3.06. The largest absolute Gasteiger partial charge is 0.331 e. The Labute approximate surface area is 132 Å². The van der Waals surface area contributed by atoms with E-state index in [0.29, 0.717) is 5.92 Å². The van der Waals surface area contributed by atoms with Crippen LogP contribution in [0.4, 0.5) is 0 Å². The molecule has 0 amide bonds. The molecule has 0 aromatic heterocycles. The van der Waals surface area contributed by atoms with Crippen LogP contribution in [0.15, 0.2) is 0 Å². The highest BCUT2D eigenvalue weighted by Crippen LogP contribution is 2.32. The summed E-state index contributed by atoms with van der Waals surface area (Å²) in [5.41, 5.74) is 0. The first-order valence-electron chi connectivity index (χ1n) is 8.86. The zero-order valence-corrected chi connectivity index (χ0v) is 15.1. The Bertz CT molecular complexity index is 206. The fraction of sp³-hybridized carbons (Fsp3) is 1.00. The Morgan fingerprint density at radius 2 is 1.00 bits per heavy atom. The van der Waals surface area contributed by atoms with Gasteiger partial charge in [-0.1, -0.05) is 71.6 Å². The maximum absolute atomic E-state index is 5.59. The number of unbranched alkanes of at least 4 members (excludes halogenated alkanes) is 7. The molecule has 3 nitrogen and oxygen atoms in total. The highest BCUT2D eigenvalue weighted by atomic mass is 16.9. The van der Waals surface area contributed by atoms with Crippen molar-refractivity contribution < 1.29 is 14.2 Å². The first-order valence-corrected chi connectivity index (χ1v) is 8.86. The lowest BCUT2D eigenvalue weighted by Gasteiger charge is -2.36. The van der Waals surface area contributed by atoms with Crippen LogP contribution in [0, 0.1) is 5.92 Å². The third-order valence-electron chi connectivity index (χ3n) is 4.42. The van der Waals surface area contributed by atoms with E-state index in [1.165, 1.54) is 57.8 Å². The zero-order valence-electron chi connectivity index (χ0n) is 15.1. The third kappa shape index (κ3) is 8.18. The molecule has 0 aliphatic heterocycles. The third-order valence-corrected chi connectivity index (χ3v) is 4.42. The van der Waals surface area contributed by atoms with E-state index in [1.54, 1.807) is 21.3 Å². The molecule has 0 bridgehead atoms. The van der Waals surface area contributed by atoms with Crippen molar-refractivity contribution in [3.05, 3.63) is 0 Å². The lowest BCUT2D eigenvalue weighted by molar-refractivity contribution is -0.380. The van der Waals surface area contributed by atoms with E-state index in [1.807, 2.05) is 0 Å². The van der Waals surface area contributed by atoms with Crippen LogP contribution in [0.1, 0.15) is 84.5 Å². The SMILES string of the molecule is CCCCCCCC(CCCCCC)C(OC)(OC)OC. The highest BCUT2D eigenvalue weighted by Gasteiger charge is 2.39. The summed E-state index contributed by atoms with van der Waals surface area (Å²) in [7, 11) is 5.05. The van der Waals surface area contributed by atoms with Gasteiger partial charge >= 0.3 is 0 Å². The van der Waals surface area contributed by atoms with Gasteiger partial charge in [0, 0.05) is 27.2 Å². The summed E-state index contributed by atoms with van der Waals surface area (Å²) in [5.74, 6) is -0.548. The van der Waals surface area contributed by atoms with Gasteiger partial charge in [0.05, 0.1) is 0 Å². The van der Waals surface area contributed by atoms with Crippen LogP contribution in [0.25, 0.3) is 0 Å². The highest BCUT2D eigenvalue weighted by molar-refractivity contribution is 4.71. The molecule has 0 aromatic carbocycles. The Morgan fingerprint density at radius 1 is 0.619 bits per heavy atom. The minimum absolute atomic E-state index is 0.316. The molecule has 128 valence electrons. The standard InChI is InChI=1S/C18H38O3/c1-6-8-10-12-14-16-17(15-13-11-9-7-2)18(19-3,20-4)21-5/h17H,6-16H2,1-5H3. The Kier molecular flexibility index (Phi) is 13.5. The average molecular weight is 302 g/mol. The van der Waals surface area contributed by atoms with Gasteiger partial charge in [0.2, 0.25) is 0 Å². The Hall–Kier alpha value is -0.120. The molecule has 21 heavy (non-hydrogen) atoms. The molecule has 1 atom stereocenters. The van der Waals surface area contributed by atoms with E-state index in [9.17, 15) is 0 Å². The monoisotopic (exact) mass is 302 g/mol. The van der Waals surface area contributed by atoms with Crippen LogP contribution in [-0.4, -0.2) is 27.3 Å². The molecule has 0 aliphatic rings. The molecule has 0 aliphatic carbocycles. The van der Waals surface area contributed by atoms with Gasteiger partial charge in [0.25, 0.3) is 5.97 Å². The van der Waals surface area contributed by atoms with Crippen LogP contribution in [0.2, 0.25) is 0 Å². The van der Waals surface area contributed by atoms with Gasteiger partial charge in [-0.05, 0) is 12.8 Å². The summed E-state index contributed by atoms with van der Waals surface area (Å²) in [6.07, 6.45) is 13.8. The van der Waals surface area contributed by atoms with Crippen LogP contribution in [0.3, 0.4) is 0 Å². The molecule has 0 spiro atoms. The van der Waals surface area contributed by atoms with E-state index in [4.69, 9.17) is 14.2 Å². The Morgan fingerprint density at radius 3 is 1.38 bits per heavy atom. The minimum Gasteiger partial charge on any atom is -0.331 e. The maximum Gasteiger partial charge on any atom is 0.285 e. The summed E-state index contributed by atoms with van der Waals surface area (Å²) < 4.78 is 16.8. The number of ether oxygens (including phenoxy) is 3. The number of hydrogen-bond donors (Lipinski definition) is 0.